The highest BCUT2D eigenvalue weighted by atomic mass is 16.2. The monoisotopic (exact) mass is 391 g/mol. The zero-order chi connectivity index (χ0) is 20.4. The maximum Gasteiger partial charge on any atom is 0.313 e. The van der Waals surface area contributed by atoms with E-state index in [0.717, 1.165) is 36.0 Å². The summed E-state index contributed by atoms with van der Waals surface area (Å²) in [5.74, 6) is -1.08. The van der Waals surface area contributed by atoms with Gasteiger partial charge in [-0.05, 0) is 37.2 Å². The van der Waals surface area contributed by atoms with Crippen LogP contribution in [0.2, 0.25) is 0 Å². The van der Waals surface area contributed by atoms with Crippen molar-refractivity contribution in [3.63, 3.8) is 0 Å². The summed E-state index contributed by atoms with van der Waals surface area (Å²) in [6, 6.07) is 15.6. The van der Waals surface area contributed by atoms with E-state index in [0.29, 0.717) is 12.2 Å². The van der Waals surface area contributed by atoms with E-state index < -0.39 is 11.8 Å². The van der Waals surface area contributed by atoms with Gasteiger partial charge in [-0.2, -0.15) is 5.10 Å². The van der Waals surface area contributed by atoms with E-state index in [4.69, 9.17) is 0 Å². The Morgan fingerprint density at radius 1 is 1.10 bits per heavy atom. The van der Waals surface area contributed by atoms with Crippen molar-refractivity contribution in [2.24, 2.45) is 7.05 Å². The third-order valence-corrected chi connectivity index (χ3v) is 5.46. The van der Waals surface area contributed by atoms with Gasteiger partial charge in [-0.1, -0.05) is 30.3 Å². The van der Waals surface area contributed by atoms with Crippen LogP contribution in [0.25, 0.3) is 10.9 Å². The predicted octanol–water partition coefficient (Wildman–Crippen LogP) is 1.90. The summed E-state index contributed by atoms with van der Waals surface area (Å²) >= 11 is 0. The molecule has 1 aliphatic rings. The lowest BCUT2D eigenvalue weighted by atomic mass is 10.0. The zero-order valence-corrected chi connectivity index (χ0v) is 16.7. The molecule has 0 spiro atoms. The summed E-state index contributed by atoms with van der Waals surface area (Å²) in [5, 5.41) is 7.95. The number of nitrogens with one attached hydrogen (secondary N) is 1. The minimum absolute atomic E-state index is 0.0334. The van der Waals surface area contributed by atoms with Crippen molar-refractivity contribution >= 4 is 28.4 Å². The second-order valence-corrected chi connectivity index (χ2v) is 7.60. The molecule has 0 bridgehead atoms. The van der Waals surface area contributed by atoms with Crippen LogP contribution in [0.5, 0.6) is 0 Å². The van der Waals surface area contributed by atoms with Crippen LogP contribution in [0.4, 0.5) is 5.69 Å². The number of nitrogens with zero attached hydrogens (tertiary/aromatic N) is 4. The third-order valence-electron chi connectivity index (χ3n) is 5.46. The quantitative estimate of drug-likeness (QED) is 0.693. The van der Waals surface area contributed by atoms with Crippen molar-refractivity contribution in [3.8, 4) is 0 Å². The topological polar surface area (TPSA) is 70.5 Å². The Kier molecular flexibility index (Phi) is 5.31. The fraction of sp³-hybridized carbons (Fsp3) is 0.318. The Labute approximate surface area is 169 Å². The lowest BCUT2D eigenvalue weighted by molar-refractivity contribution is -0.146. The standard InChI is InChI=1S/C22H25N5O2/c1-25-10-11-27(19(15-25)12-16-6-4-3-5-7-16)22(29)21(28)24-18-9-8-17-14-23-26(2)20(17)13-18/h3-9,13-14,19H,10-12,15H2,1-2H3,(H,24,28). The van der Waals surface area contributed by atoms with Gasteiger partial charge in [0.15, 0.2) is 0 Å². The molecule has 0 radical (unpaired) electrons. The molecule has 1 fully saturated rings. The molecule has 1 N–H and O–H groups in total. The van der Waals surface area contributed by atoms with E-state index in [1.54, 1.807) is 21.8 Å². The van der Waals surface area contributed by atoms with Crippen molar-refractivity contribution in [3.05, 3.63) is 60.3 Å². The SMILES string of the molecule is CN1CCN(C(=O)C(=O)Nc2ccc3cnn(C)c3c2)C(Cc2ccccc2)C1. The highest BCUT2D eigenvalue weighted by Crippen LogP contribution is 2.19. The number of aromatic nitrogens is 2. The molecule has 1 atom stereocenters. The average molecular weight is 391 g/mol. The number of carbonyl (C=O) groups excluding carboxylic acids is 2. The van der Waals surface area contributed by atoms with E-state index in [2.05, 4.69) is 27.4 Å². The molecule has 0 aliphatic carbocycles. The average Bonchev–Trinajstić information content (AvgIpc) is 3.09. The van der Waals surface area contributed by atoms with Crippen LogP contribution in [-0.2, 0) is 23.1 Å². The van der Waals surface area contributed by atoms with Gasteiger partial charge in [-0.25, -0.2) is 0 Å². The molecule has 2 heterocycles. The predicted molar refractivity (Wildman–Crippen MR) is 112 cm³/mol. The molecule has 1 aromatic heterocycles. The van der Waals surface area contributed by atoms with E-state index in [1.807, 2.05) is 44.4 Å². The number of piperazine rings is 1. The highest BCUT2D eigenvalue weighted by molar-refractivity contribution is 6.39. The molecule has 4 rings (SSSR count). The van der Waals surface area contributed by atoms with Crippen LogP contribution in [0.3, 0.4) is 0 Å². The number of benzene rings is 2. The summed E-state index contributed by atoms with van der Waals surface area (Å²) in [5.41, 5.74) is 2.65. The Balaban J connectivity index is 1.49. The summed E-state index contributed by atoms with van der Waals surface area (Å²) in [7, 11) is 3.89. The molecule has 0 saturated carbocycles. The van der Waals surface area contributed by atoms with Crippen LogP contribution in [0.1, 0.15) is 5.56 Å². The summed E-state index contributed by atoms with van der Waals surface area (Å²) in [6.07, 6.45) is 2.50. The molecular formula is C22H25N5O2. The number of amides is 2. The van der Waals surface area contributed by atoms with Crippen molar-refractivity contribution in [2.75, 3.05) is 32.0 Å². The first kappa shape index (κ1) is 19.1. The molecule has 150 valence electrons. The number of likely N-dealkylation sites (N-methyl/N-ethyl adjacent to an activating group) is 1. The smallest absolute Gasteiger partial charge is 0.313 e. The van der Waals surface area contributed by atoms with Gasteiger partial charge in [-0.3, -0.25) is 14.3 Å². The normalized spacial score (nSPS) is 17.4. The van der Waals surface area contributed by atoms with Crippen LogP contribution in [0, 0.1) is 0 Å². The number of hydrogen-bond donors (Lipinski definition) is 1. The van der Waals surface area contributed by atoms with E-state index in [1.165, 1.54) is 0 Å². The molecule has 1 unspecified atom stereocenters. The molecular weight excluding hydrogens is 366 g/mol. The first-order valence-electron chi connectivity index (χ1n) is 9.77. The van der Waals surface area contributed by atoms with Gasteiger partial charge < -0.3 is 15.1 Å². The largest absolute Gasteiger partial charge is 0.329 e. The van der Waals surface area contributed by atoms with Gasteiger partial charge in [0.25, 0.3) is 0 Å². The van der Waals surface area contributed by atoms with Crippen LogP contribution < -0.4 is 5.32 Å². The van der Waals surface area contributed by atoms with Crippen molar-refractivity contribution in [1.82, 2.24) is 19.6 Å². The van der Waals surface area contributed by atoms with Crippen LogP contribution in [0.15, 0.2) is 54.7 Å². The molecule has 7 nitrogen and oxygen atoms in total. The van der Waals surface area contributed by atoms with Crippen molar-refractivity contribution in [2.45, 2.75) is 12.5 Å². The second kappa shape index (κ2) is 8.05. The molecule has 2 aromatic carbocycles. The van der Waals surface area contributed by atoms with E-state index in [9.17, 15) is 9.59 Å². The van der Waals surface area contributed by atoms with Gasteiger partial charge in [0.2, 0.25) is 0 Å². The van der Waals surface area contributed by atoms with Gasteiger partial charge >= 0.3 is 11.8 Å². The van der Waals surface area contributed by atoms with E-state index in [-0.39, 0.29) is 6.04 Å². The van der Waals surface area contributed by atoms with Gasteiger partial charge in [0.05, 0.1) is 11.7 Å². The summed E-state index contributed by atoms with van der Waals surface area (Å²) in [4.78, 5) is 29.6. The number of hydrogen-bond acceptors (Lipinski definition) is 4. The molecule has 7 heteroatoms. The Morgan fingerprint density at radius 2 is 1.90 bits per heavy atom. The fourth-order valence-corrected chi connectivity index (χ4v) is 3.88. The lowest BCUT2D eigenvalue weighted by Crippen LogP contribution is -2.57. The molecule has 2 amide bonds. The molecule has 29 heavy (non-hydrogen) atoms. The number of fused-ring (bicyclic) bond motifs is 1. The Morgan fingerprint density at radius 3 is 2.69 bits per heavy atom. The number of carbonyl (C=O) groups is 2. The molecule has 3 aromatic rings. The maximum atomic E-state index is 13.0. The first-order valence-corrected chi connectivity index (χ1v) is 9.77. The first-order chi connectivity index (χ1) is 14.0. The second-order valence-electron chi connectivity index (χ2n) is 7.60. The Bertz CT molecular complexity index is 1030. The third kappa shape index (κ3) is 4.14. The maximum absolute atomic E-state index is 13.0. The van der Waals surface area contributed by atoms with Crippen molar-refractivity contribution < 1.29 is 9.59 Å². The lowest BCUT2D eigenvalue weighted by Gasteiger charge is -2.39. The van der Waals surface area contributed by atoms with E-state index >= 15 is 0 Å². The number of aryl methyl sites for hydroxylation is 1. The van der Waals surface area contributed by atoms with Gasteiger partial charge in [0.1, 0.15) is 0 Å². The molecule has 1 aliphatic heterocycles. The van der Waals surface area contributed by atoms with Gasteiger partial charge in [-0.15, -0.1) is 0 Å². The number of rotatable bonds is 3. The Hall–Kier alpha value is -3.19. The fourth-order valence-electron chi connectivity index (χ4n) is 3.88. The van der Waals surface area contributed by atoms with Crippen LogP contribution >= 0.6 is 0 Å². The summed E-state index contributed by atoms with van der Waals surface area (Å²) in [6.45, 7) is 2.04. The molecule has 1 saturated heterocycles. The minimum Gasteiger partial charge on any atom is -0.329 e. The zero-order valence-electron chi connectivity index (χ0n) is 16.7. The summed E-state index contributed by atoms with van der Waals surface area (Å²) < 4.78 is 1.74. The van der Waals surface area contributed by atoms with Crippen molar-refractivity contribution in [1.29, 1.82) is 0 Å². The number of anilines is 1. The highest BCUT2D eigenvalue weighted by Gasteiger charge is 2.32. The van der Waals surface area contributed by atoms with Gasteiger partial charge in [0, 0.05) is 43.8 Å². The minimum atomic E-state index is -0.603. The van der Waals surface area contributed by atoms with Crippen LogP contribution in [-0.4, -0.2) is 64.1 Å².